The normalized spacial score (nSPS) is 28.7. The van der Waals surface area contributed by atoms with Crippen LogP contribution in [0.1, 0.15) is 70.4 Å². The average molecular weight is 327 g/mol. The Bertz CT molecular complexity index is 625. The van der Waals surface area contributed by atoms with Gasteiger partial charge in [-0.2, -0.15) is 0 Å². The van der Waals surface area contributed by atoms with E-state index in [0.29, 0.717) is 18.1 Å². The van der Waals surface area contributed by atoms with Gasteiger partial charge in [-0.1, -0.05) is 45.0 Å². The van der Waals surface area contributed by atoms with E-state index in [-0.39, 0.29) is 22.8 Å². The van der Waals surface area contributed by atoms with E-state index in [0.717, 1.165) is 31.2 Å². The van der Waals surface area contributed by atoms with Crippen LogP contribution in [-0.2, 0) is 16.0 Å². The van der Waals surface area contributed by atoms with Crippen LogP contribution in [0.4, 0.5) is 0 Å². The number of nitrogens with one attached hydrogen (secondary N) is 1. The minimum Gasteiger partial charge on any atom is -0.351 e. The standard InChI is InChI=1S/C21H29NO2/c1-14(2)9-17-5-7-18(8-6-17)15(3)19(24)10-20-11-21(12-20,13-20)22-16(4)23/h5-8,14-15H,9-13H2,1-4H3,(H,22,23). The Labute approximate surface area is 145 Å². The average Bonchev–Trinajstić information content (AvgIpc) is 2.42. The summed E-state index contributed by atoms with van der Waals surface area (Å²) in [7, 11) is 0. The molecular weight excluding hydrogens is 298 g/mol. The minimum absolute atomic E-state index is 0.0217. The van der Waals surface area contributed by atoms with Crippen molar-refractivity contribution in [3.63, 3.8) is 0 Å². The molecule has 3 saturated carbocycles. The predicted octanol–water partition coefficient (Wildman–Crippen LogP) is 4.01. The lowest BCUT2D eigenvalue weighted by atomic mass is 9.38. The van der Waals surface area contributed by atoms with Crippen molar-refractivity contribution in [2.75, 3.05) is 0 Å². The van der Waals surface area contributed by atoms with Gasteiger partial charge in [0.05, 0.1) is 0 Å². The summed E-state index contributed by atoms with van der Waals surface area (Å²) in [5.74, 6) is 0.992. The maximum Gasteiger partial charge on any atom is 0.217 e. The quantitative estimate of drug-likeness (QED) is 0.822. The van der Waals surface area contributed by atoms with Gasteiger partial charge < -0.3 is 5.32 Å². The van der Waals surface area contributed by atoms with Crippen molar-refractivity contribution in [3.05, 3.63) is 35.4 Å². The second-order valence-corrected chi connectivity index (χ2v) is 8.70. The van der Waals surface area contributed by atoms with Crippen LogP contribution in [0.25, 0.3) is 0 Å². The van der Waals surface area contributed by atoms with Crippen LogP contribution in [0.3, 0.4) is 0 Å². The Balaban J connectivity index is 1.54. The largest absolute Gasteiger partial charge is 0.351 e. The highest BCUT2D eigenvalue weighted by molar-refractivity contribution is 5.86. The monoisotopic (exact) mass is 327 g/mol. The van der Waals surface area contributed by atoms with E-state index in [2.05, 4.69) is 43.4 Å². The number of benzene rings is 1. The third-order valence-corrected chi connectivity index (χ3v) is 5.74. The molecule has 2 bridgehead atoms. The second kappa shape index (κ2) is 6.02. The summed E-state index contributed by atoms with van der Waals surface area (Å²) in [6.07, 6.45) is 4.67. The smallest absolute Gasteiger partial charge is 0.217 e. The maximum absolute atomic E-state index is 12.7. The van der Waals surface area contributed by atoms with Crippen LogP contribution < -0.4 is 5.32 Å². The van der Waals surface area contributed by atoms with Gasteiger partial charge in [0.2, 0.25) is 5.91 Å². The zero-order valence-electron chi connectivity index (χ0n) is 15.3. The van der Waals surface area contributed by atoms with E-state index in [9.17, 15) is 9.59 Å². The fraction of sp³-hybridized carbons (Fsp3) is 0.619. The van der Waals surface area contributed by atoms with Crippen LogP contribution >= 0.6 is 0 Å². The van der Waals surface area contributed by atoms with Crippen molar-refractivity contribution in [3.8, 4) is 0 Å². The number of ketones is 1. The molecule has 3 nitrogen and oxygen atoms in total. The van der Waals surface area contributed by atoms with Gasteiger partial charge in [-0.15, -0.1) is 0 Å². The summed E-state index contributed by atoms with van der Waals surface area (Å²) in [4.78, 5) is 23.9. The molecule has 4 rings (SSSR count). The molecule has 0 aliphatic heterocycles. The summed E-state index contributed by atoms with van der Waals surface area (Å²) in [6, 6.07) is 8.54. The molecule has 0 aromatic heterocycles. The predicted molar refractivity (Wildman–Crippen MR) is 95.9 cm³/mol. The molecular formula is C21H29NO2. The molecule has 0 spiro atoms. The molecule has 1 aromatic carbocycles. The molecule has 1 N–H and O–H groups in total. The first-order valence-electron chi connectivity index (χ1n) is 9.13. The highest BCUT2D eigenvalue weighted by atomic mass is 16.1. The SMILES string of the molecule is CC(=O)NC12CC(CC(=O)C(C)c3ccc(CC(C)C)cc3)(C1)C2. The number of hydrogen-bond donors (Lipinski definition) is 1. The van der Waals surface area contributed by atoms with Crippen LogP contribution in [-0.4, -0.2) is 17.2 Å². The Morgan fingerprint density at radius 3 is 2.17 bits per heavy atom. The Kier molecular flexibility index (Phi) is 4.31. The fourth-order valence-corrected chi connectivity index (χ4v) is 4.81. The number of hydrogen-bond acceptors (Lipinski definition) is 2. The first kappa shape index (κ1) is 17.2. The number of amides is 1. The van der Waals surface area contributed by atoms with Crippen molar-refractivity contribution in [2.45, 2.75) is 71.3 Å². The first-order valence-corrected chi connectivity index (χ1v) is 9.13. The van der Waals surface area contributed by atoms with Gasteiger partial charge in [0.25, 0.3) is 0 Å². The van der Waals surface area contributed by atoms with Crippen molar-refractivity contribution >= 4 is 11.7 Å². The first-order chi connectivity index (χ1) is 11.2. The van der Waals surface area contributed by atoms with Crippen LogP contribution in [0, 0.1) is 11.3 Å². The molecule has 0 heterocycles. The molecule has 0 radical (unpaired) electrons. The molecule has 3 heteroatoms. The molecule has 24 heavy (non-hydrogen) atoms. The van der Waals surface area contributed by atoms with Gasteiger partial charge in [0.1, 0.15) is 5.78 Å². The van der Waals surface area contributed by atoms with Gasteiger partial charge in [-0.25, -0.2) is 0 Å². The van der Waals surface area contributed by atoms with Crippen molar-refractivity contribution < 1.29 is 9.59 Å². The summed E-state index contributed by atoms with van der Waals surface area (Å²) in [5, 5.41) is 3.05. The number of carbonyl (C=O) groups is 2. The highest BCUT2D eigenvalue weighted by Gasteiger charge is 2.68. The lowest BCUT2D eigenvalue weighted by molar-refractivity contribution is -0.171. The summed E-state index contributed by atoms with van der Waals surface area (Å²) >= 11 is 0. The van der Waals surface area contributed by atoms with Gasteiger partial charge in [-0.05, 0) is 48.1 Å². The number of rotatable bonds is 7. The van der Waals surface area contributed by atoms with Crippen molar-refractivity contribution in [1.82, 2.24) is 5.32 Å². The summed E-state index contributed by atoms with van der Waals surface area (Å²) in [5.41, 5.74) is 2.65. The molecule has 3 aliphatic carbocycles. The van der Waals surface area contributed by atoms with E-state index in [1.54, 1.807) is 6.92 Å². The van der Waals surface area contributed by atoms with Gasteiger partial charge in [0.15, 0.2) is 0 Å². The zero-order valence-corrected chi connectivity index (χ0v) is 15.3. The summed E-state index contributed by atoms with van der Waals surface area (Å²) < 4.78 is 0. The van der Waals surface area contributed by atoms with Crippen molar-refractivity contribution in [1.29, 1.82) is 0 Å². The highest BCUT2D eigenvalue weighted by Crippen LogP contribution is 2.69. The molecule has 1 amide bonds. The Morgan fingerprint density at radius 2 is 1.67 bits per heavy atom. The Morgan fingerprint density at radius 1 is 1.08 bits per heavy atom. The minimum atomic E-state index is -0.0381. The molecule has 1 unspecified atom stereocenters. The van der Waals surface area contributed by atoms with E-state index >= 15 is 0 Å². The van der Waals surface area contributed by atoms with Gasteiger partial charge in [0, 0.05) is 24.8 Å². The zero-order chi connectivity index (χ0) is 17.5. The molecule has 130 valence electrons. The number of carbonyl (C=O) groups excluding carboxylic acids is 2. The molecule has 1 aromatic rings. The van der Waals surface area contributed by atoms with E-state index in [1.807, 2.05) is 6.92 Å². The molecule has 3 fully saturated rings. The van der Waals surface area contributed by atoms with Crippen LogP contribution in [0.15, 0.2) is 24.3 Å². The summed E-state index contributed by atoms with van der Waals surface area (Å²) in [6.45, 7) is 8.03. The fourth-order valence-electron chi connectivity index (χ4n) is 4.81. The van der Waals surface area contributed by atoms with Crippen molar-refractivity contribution in [2.24, 2.45) is 11.3 Å². The van der Waals surface area contributed by atoms with Crippen LogP contribution in [0.5, 0.6) is 0 Å². The molecule has 0 saturated heterocycles. The number of Topliss-reactive ketones (excluding diaryl/α,β-unsaturated/α-hetero) is 1. The topological polar surface area (TPSA) is 46.2 Å². The van der Waals surface area contributed by atoms with E-state index in [4.69, 9.17) is 0 Å². The van der Waals surface area contributed by atoms with Gasteiger partial charge >= 0.3 is 0 Å². The molecule has 3 aliphatic rings. The lowest BCUT2D eigenvalue weighted by Gasteiger charge is -2.70. The maximum atomic E-state index is 12.7. The van der Waals surface area contributed by atoms with Crippen LogP contribution in [0.2, 0.25) is 0 Å². The van der Waals surface area contributed by atoms with E-state index in [1.165, 1.54) is 5.56 Å². The third-order valence-electron chi connectivity index (χ3n) is 5.74. The second-order valence-electron chi connectivity index (χ2n) is 8.70. The lowest BCUT2D eigenvalue weighted by Crippen LogP contribution is -2.74. The molecule has 1 atom stereocenters. The third kappa shape index (κ3) is 3.26. The van der Waals surface area contributed by atoms with Gasteiger partial charge in [-0.3, -0.25) is 9.59 Å². The Hall–Kier alpha value is -1.64. The van der Waals surface area contributed by atoms with E-state index < -0.39 is 0 Å².